The molecule has 0 aliphatic heterocycles. The zero-order valence-corrected chi connectivity index (χ0v) is 15.7. The Bertz CT molecular complexity index is 1120. The predicted octanol–water partition coefficient (Wildman–Crippen LogP) is 5.06. The Morgan fingerprint density at radius 1 is 1.07 bits per heavy atom. The van der Waals surface area contributed by atoms with Gasteiger partial charge in [-0.2, -0.15) is 0 Å². The number of pyridine rings is 1. The van der Waals surface area contributed by atoms with Gasteiger partial charge in [-0.15, -0.1) is 0 Å². The number of amides is 1. The highest BCUT2D eigenvalue weighted by molar-refractivity contribution is 6.31. The lowest BCUT2D eigenvalue weighted by Gasteiger charge is -2.05. The van der Waals surface area contributed by atoms with E-state index in [4.69, 9.17) is 11.6 Å². The van der Waals surface area contributed by atoms with Gasteiger partial charge in [-0.3, -0.25) is 9.78 Å². The highest BCUT2D eigenvalue weighted by Crippen LogP contribution is 2.26. The van der Waals surface area contributed by atoms with Crippen LogP contribution in [0.3, 0.4) is 0 Å². The lowest BCUT2D eigenvalue weighted by molar-refractivity contribution is -0.115. The fourth-order valence-corrected chi connectivity index (χ4v) is 3.39. The van der Waals surface area contributed by atoms with Gasteiger partial charge in [-0.25, -0.2) is 4.39 Å². The van der Waals surface area contributed by atoms with Crippen molar-refractivity contribution in [3.63, 3.8) is 0 Å². The number of hydrogen-bond donors (Lipinski definition) is 1. The molecule has 0 saturated carbocycles. The number of anilines is 1. The molecule has 2 heterocycles. The number of benzene rings is 2. The summed E-state index contributed by atoms with van der Waals surface area (Å²) in [6, 6.07) is 15.5. The molecule has 0 aliphatic carbocycles. The molecule has 0 bridgehead atoms. The molecule has 4 nitrogen and oxygen atoms in total. The fourth-order valence-electron chi connectivity index (χ4n) is 3.21. The monoisotopic (exact) mass is 393 g/mol. The second-order valence-corrected chi connectivity index (χ2v) is 6.97. The first kappa shape index (κ1) is 18.2. The van der Waals surface area contributed by atoms with E-state index in [-0.39, 0.29) is 18.1 Å². The standard InChI is InChI=1S/C22H17ClFN3O/c23-17-3-6-21-20(12-17)16(11-22(28)26-19-7-9-25-10-8-19)14-27(21)13-15-1-4-18(24)5-2-15/h1-10,12,14H,11,13H2,(H,25,26,28). The van der Waals surface area contributed by atoms with Gasteiger partial charge in [0.05, 0.1) is 6.42 Å². The lowest BCUT2D eigenvalue weighted by Crippen LogP contribution is -2.14. The van der Waals surface area contributed by atoms with E-state index < -0.39 is 0 Å². The molecule has 0 saturated heterocycles. The molecule has 0 atom stereocenters. The normalized spacial score (nSPS) is 10.9. The van der Waals surface area contributed by atoms with E-state index in [1.54, 1.807) is 36.7 Å². The molecule has 6 heteroatoms. The van der Waals surface area contributed by atoms with Crippen molar-refractivity contribution in [1.82, 2.24) is 9.55 Å². The van der Waals surface area contributed by atoms with E-state index in [2.05, 4.69) is 10.3 Å². The SMILES string of the molecule is O=C(Cc1cn(Cc2ccc(F)cc2)c2ccc(Cl)cc12)Nc1ccncc1. The molecule has 2 aromatic heterocycles. The van der Waals surface area contributed by atoms with Crippen LogP contribution in [-0.2, 0) is 17.8 Å². The molecule has 28 heavy (non-hydrogen) atoms. The van der Waals surface area contributed by atoms with E-state index in [0.717, 1.165) is 22.0 Å². The third-order valence-corrected chi connectivity index (χ3v) is 4.74. The van der Waals surface area contributed by atoms with Gasteiger partial charge in [-0.1, -0.05) is 23.7 Å². The summed E-state index contributed by atoms with van der Waals surface area (Å²) in [6.07, 6.45) is 5.43. The molecule has 1 amide bonds. The van der Waals surface area contributed by atoms with Crippen LogP contribution in [0.4, 0.5) is 10.1 Å². The van der Waals surface area contributed by atoms with Crippen molar-refractivity contribution in [3.05, 3.63) is 95.2 Å². The van der Waals surface area contributed by atoms with Crippen molar-refractivity contribution in [2.75, 3.05) is 5.32 Å². The van der Waals surface area contributed by atoms with Gasteiger partial charge in [0, 0.05) is 46.7 Å². The summed E-state index contributed by atoms with van der Waals surface area (Å²) in [5.41, 5.74) is 3.53. The Hall–Kier alpha value is -3.18. The Balaban J connectivity index is 1.63. The first-order chi connectivity index (χ1) is 13.6. The first-order valence-corrected chi connectivity index (χ1v) is 9.18. The van der Waals surface area contributed by atoms with Crippen LogP contribution in [0.25, 0.3) is 10.9 Å². The number of halogens is 2. The lowest BCUT2D eigenvalue weighted by atomic mass is 10.1. The zero-order valence-electron chi connectivity index (χ0n) is 14.9. The molecule has 0 aliphatic rings. The molecular weight excluding hydrogens is 377 g/mol. The summed E-state index contributed by atoms with van der Waals surface area (Å²) in [7, 11) is 0. The average molecular weight is 394 g/mol. The van der Waals surface area contributed by atoms with Crippen LogP contribution in [-0.4, -0.2) is 15.5 Å². The van der Waals surface area contributed by atoms with Gasteiger partial charge >= 0.3 is 0 Å². The molecule has 4 rings (SSSR count). The maximum Gasteiger partial charge on any atom is 0.228 e. The third-order valence-electron chi connectivity index (χ3n) is 4.51. The summed E-state index contributed by atoms with van der Waals surface area (Å²) in [6.45, 7) is 0.574. The van der Waals surface area contributed by atoms with Crippen LogP contribution in [0.5, 0.6) is 0 Å². The van der Waals surface area contributed by atoms with Gasteiger partial charge in [-0.05, 0) is 53.6 Å². The van der Waals surface area contributed by atoms with Crippen molar-refractivity contribution < 1.29 is 9.18 Å². The number of fused-ring (bicyclic) bond motifs is 1. The molecule has 1 N–H and O–H groups in total. The maximum absolute atomic E-state index is 13.2. The van der Waals surface area contributed by atoms with Crippen molar-refractivity contribution in [2.24, 2.45) is 0 Å². The second-order valence-electron chi connectivity index (χ2n) is 6.53. The predicted molar refractivity (Wildman–Crippen MR) is 109 cm³/mol. The van der Waals surface area contributed by atoms with Crippen molar-refractivity contribution in [2.45, 2.75) is 13.0 Å². The molecule has 0 radical (unpaired) electrons. The summed E-state index contributed by atoms with van der Waals surface area (Å²) in [5.74, 6) is -0.381. The number of carbonyl (C=O) groups is 1. The topological polar surface area (TPSA) is 46.9 Å². The molecule has 0 fully saturated rings. The van der Waals surface area contributed by atoms with E-state index in [9.17, 15) is 9.18 Å². The number of aromatic nitrogens is 2. The minimum atomic E-state index is -0.263. The fraction of sp³-hybridized carbons (Fsp3) is 0.0909. The molecule has 140 valence electrons. The summed E-state index contributed by atoms with van der Waals surface area (Å²) in [4.78, 5) is 16.4. The minimum Gasteiger partial charge on any atom is -0.343 e. The van der Waals surface area contributed by atoms with E-state index >= 15 is 0 Å². The third kappa shape index (κ3) is 4.05. The highest BCUT2D eigenvalue weighted by atomic mass is 35.5. The van der Waals surface area contributed by atoms with Crippen LogP contribution < -0.4 is 5.32 Å². The number of nitrogens with zero attached hydrogens (tertiary/aromatic N) is 2. The summed E-state index contributed by atoms with van der Waals surface area (Å²) in [5, 5.41) is 4.42. The Morgan fingerprint density at radius 2 is 1.82 bits per heavy atom. The maximum atomic E-state index is 13.2. The number of carbonyl (C=O) groups excluding carboxylic acids is 1. The molecule has 0 unspecified atom stereocenters. The van der Waals surface area contributed by atoms with Crippen LogP contribution in [0.1, 0.15) is 11.1 Å². The van der Waals surface area contributed by atoms with Gasteiger partial charge < -0.3 is 9.88 Å². The Labute approximate surface area is 166 Å². The second kappa shape index (κ2) is 7.82. The zero-order chi connectivity index (χ0) is 19.5. The smallest absolute Gasteiger partial charge is 0.228 e. The molecule has 0 spiro atoms. The average Bonchev–Trinajstić information content (AvgIpc) is 3.00. The number of nitrogens with one attached hydrogen (secondary N) is 1. The van der Waals surface area contributed by atoms with Gasteiger partial charge in [0.15, 0.2) is 0 Å². The largest absolute Gasteiger partial charge is 0.343 e. The summed E-state index contributed by atoms with van der Waals surface area (Å²) < 4.78 is 15.2. The summed E-state index contributed by atoms with van der Waals surface area (Å²) >= 11 is 6.19. The van der Waals surface area contributed by atoms with Crippen LogP contribution in [0.2, 0.25) is 5.02 Å². The van der Waals surface area contributed by atoms with Gasteiger partial charge in [0.25, 0.3) is 0 Å². The minimum absolute atomic E-state index is 0.119. The Morgan fingerprint density at radius 3 is 2.57 bits per heavy atom. The van der Waals surface area contributed by atoms with Crippen molar-refractivity contribution in [3.8, 4) is 0 Å². The number of rotatable bonds is 5. The van der Waals surface area contributed by atoms with Crippen LogP contribution in [0.15, 0.2) is 73.2 Å². The first-order valence-electron chi connectivity index (χ1n) is 8.80. The molecule has 4 aromatic rings. The van der Waals surface area contributed by atoms with E-state index in [1.165, 1.54) is 12.1 Å². The van der Waals surface area contributed by atoms with Crippen molar-refractivity contribution in [1.29, 1.82) is 0 Å². The Kier molecular flexibility index (Phi) is 5.08. The van der Waals surface area contributed by atoms with E-state index in [0.29, 0.717) is 17.3 Å². The number of hydrogen-bond acceptors (Lipinski definition) is 2. The highest BCUT2D eigenvalue weighted by Gasteiger charge is 2.13. The van der Waals surface area contributed by atoms with E-state index in [1.807, 2.05) is 29.0 Å². The van der Waals surface area contributed by atoms with Crippen LogP contribution >= 0.6 is 11.6 Å². The quantitative estimate of drug-likeness (QED) is 0.515. The molecule has 2 aromatic carbocycles. The van der Waals surface area contributed by atoms with Crippen molar-refractivity contribution >= 4 is 34.1 Å². The molecular formula is C22H17ClFN3O. The van der Waals surface area contributed by atoms with Gasteiger partial charge in [0.1, 0.15) is 5.82 Å². The van der Waals surface area contributed by atoms with Gasteiger partial charge in [0.2, 0.25) is 5.91 Å². The van der Waals surface area contributed by atoms with Crippen LogP contribution in [0, 0.1) is 5.82 Å².